The van der Waals surface area contributed by atoms with Crippen LogP contribution < -0.4 is 9.80 Å². The van der Waals surface area contributed by atoms with Crippen molar-refractivity contribution in [2.45, 2.75) is 50.3 Å². The standard InChI is InChI=1S/C24H24N2O9/c1-12-7-3-5-9-14(12)25-21(30)24(22(31)26(23(25)32)15-10-6-4-8-13(15)2)34-19-18(29)17(28)16(11-27)33-20(19)35-24/h3-10,16-20,27-29H,11H2,1-2H3/t16-,17+,18+,19-,20-/m1/s1. The number of carbonyl (C=O) groups excluding carboxylic acids is 3. The fourth-order valence-electron chi connectivity index (χ4n) is 4.57. The first-order valence-corrected chi connectivity index (χ1v) is 11.0. The molecule has 0 bridgehead atoms. The Balaban J connectivity index is 1.65. The van der Waals surface area contributed by atoms with Gasteiger partial charge >= 0.3 is 23.6 Å². The molecule has 11 heteroatoms. The maximum Gasteiger partial charge on any atom is 0.343 e. The van der Waals surface area contributed by atoms with Crippen LogP contribution in [-0.2, 0) is 23.8 Å². The van der Waals surface area contributed by atoms with E-state index in [0.717, 1.165) is 9.80 Å². The molecule has 0 radical (unpaired) electrons. The number of hydrogen-bond donors (Lipinski definition) is 3. The Hall–Kier alpha value is -3.19. The van der Waals surface area contributed by atoms with Gasteiger partial charge in [0.25, 0.3) is 0 Å². The van der Waals surface area contributed by atoms with Crippen molar-refractivity contribution in [2.24, 2.45) is 0 Å². The number of nitrogens with zero attached hydrogens (tertiary/aromatic N) is 2. The highest BCUT2D eigenvalue weighted by Gasteiger charge is 2.70. The van der Waals surface area contributed by atoms with Crippen LogP contribution in [0.2, 0.25) is 0 Å². The number of aliphatic hydroxyl groups excluding tert-OH is 3. The van der Waals surface area contributed by atoms with Crippen molar-refractivity contribution in [3.63, 3.8) is 0 Å². The lowest BCUT2D eigenvalue weighted by molar-refractivity contribution is -0.256. The predicted octanol–water partition coefficient (Wildman–Crippen LogP) is 0.354. The monoisotopic (exact) mass is 484 g/mol. The second-order valence-corrected chi connectivity index (χ2v) is 8.66. The summed E-state index contributed by atoms with van der Waals surface area (Å²) in [7, 11) is 0. The highest BCUT2D eigenvalue weighted by atomic mass is 16.8. The number of fused-ring (bicyclic) bond motifs is 1. The van der Waals surface area contributed by atoms with Crippen LogP contribution in [0.4, 0.5) is 16.2 Å². The van der Waals surface area contributed by atoms with Crippen molar-refractivity contribution in [3.05, 3.63) is 59.7 Å². The van der Waals surface area contributed by atoms with Crippen LogP contribution in [0.15, 0.2) is 48.5 Å². The summed E-state index contributed by atoms with van der Waals surface area (Å²) in [6.07, 6.45) is -7.34. The van der Waals surface area contributed by atoms with Gasteiger partial charge in [-0.1, -0.05) is 36.4 Å². The molecule has 0 aromatic heterocycles. The number of amides is 4. The lowest BCUT2D eigenvalue weighted by Gasteiger charge is -2.41. The zero-order valence-electron chi connectivity index (χ0n) is 18.9. The van der Waals surface area contributed by atoms with Gasteiger partial charge in [0.1, 0.15) is 24.4 Å². The number of aryl methyl sites for hydroxylation is 2. The quantitative estimate of drug-likeness (QED) is 0.526. The third-order valence-corrected chi connectivity index (χ3v) is 6.47. The molecule has 2 aromatic rings. The number of imide groups is 2. The molecule has 2 aromatic carbocycles. The van der Waals surface area contributed by atoms with Crippen LogP contribution >= 0.6 is 0 Å². The number of hydrogen-bond acceptors (Lipinski definition) is 9. The van der Waals surface area contributed by atoms with Crippen molar-refractivity contribution >= 4 is 29.2 Å². The molecule has 5 rings (SSSR count). The average Bonchev–Trinajstić information content (AvgIpc) is 3.24. The van der Waals surface area contributed by atoms with Gasteiger partial charge in [-0.25, -0.2) is 14.6 Å². The molecule has 4 amide bonds. The molecule has 1 spiro atoms. The van der Waals surface area contributed by atoms with Gasteiger partial charge in [-0.15, -0.1) is 0 Å². The van der Waals surface area contributed by atoms with Crippen LogP contribution in [0, 0.1) is 13.8 Å². The summed E-state index contributed by atoms with van der Waals surface area (Å²) in [5.74, 6) is -4.92. The molecule has 3 aliphatic heterocycles. The number of aliphatic hydroxyl groups is 3. The first-order chi connectivity index (χ1) is 16.7. The van der Waals surface area contributed by atoms with Crippen molar-refractivity contribution in [1.82, 2.24) is 0 Å². The molecule has 3 N–H and O–H groups in total. The van der Waals surface area contributed by atoms with Crippen LogP contribution in [0.1, 0.15) is 11.1 Å². The first-order valence-electron chi connectivity index (χ1n) is 11.0. The van der Waals surface area contributed by atoms with E-state index in [1.807, 2.05) is 0 Å². The normalized spacial score (nSPS) is 30.2. The minimum Gasteiger partial charge on any atom is -0.394 e. The Kier molecular flexibility index (Phi) is 5.71. The summed E-state index contributed by atoms with van der Waals surface area (Å²) >= 11 is 0. The molecule has 3 saturated heterocycles. The largest absolute Gasteiger partial charge is 0.394 e. The highest BCUT2D eigenvalue weighted by Crippen LogP contribution is 2.43. The SMILES string of the molecule is Cc1ccccc1N1C(=O)N(c2ccccc2C)C(=O)C2(O[C@H]3O[C@H](CO)[C@H](O)[C@H](O)[C@H]3O2)C1=O. The zero-order valence-corrected chi connectivity index (χ0v) is 18.9. The Bertz CT molecular complexity index is 1130. The van der Waals surface area contributed by atoms with Crippen LogP contribution in [-0.4, -0.2) is 76.3 Å². The van der Waals surface area contributed by atoms with Gasteiger partial charge in [0.05, 0.1) is 18.0 Å². The van der Waals surface area contributed by atoms with Gasteiger partial charge in [0.15, 0.2) is 6.29 Å². The smallest absolute Gasteiger partial charge is 0.343 e. The van der Waals surface area contributed by atoms with Gasteiger partial charge in [-0.3, -0.25) is 9.59 Å². The second-order valence-electron chi connectivity index (χ2n) is 8.66. The summed E-state index contributed by atoms with van der Waals surface area (Å²) in [6.45, 7) is 2.74. The number of carbonyl (C=O) groups is 3. The van der Waals surface area contributed by atoms with Crippen molar-refractivity contribution in [2.75, 3.05) is 16.4 Å². The molecule has 11 nitrogen and oxygen atoms in total. The maximum atomic E-state index is 13.8. The highest BCUT2D eigenvalue weighted by molar-refractivity contribution is 6.39. The van der Waals surface area contributed by atoms with Gasteiger partial charge in [-0.05, 0) is 37.1 Å². The lowest BCUT2D eigenvalue weighted by Crippen LogP contribution is -2.70. The number of ether oxygens (including phenoxy) is 3. The topological polar surface area (TPSA) is 146 Å². The molecule has 3 fully saturated rings. The molecule has 184 valence electrons. The first kappa shape index (κ1) is 23.5. The average molecular weight is 484 g/mol. The van der Waals surface area contributed by atoms with Crippen molar-refractivity contribution < 1.29 is 43.9 Å². The molecule has 35 heavy (non-hydrogen) atoms. The van der Waals surface area contributed by atoms with Crippen molar-refractivity contribution in [3.8, 4) is 0 Å². The Morgan fingerprint density at radius 1 is 0.829 bits per heavy atom. The van der Waals surface area contributed by atoms with Crippen LogP contribution in [0.3, 0.4) is 0 Å². The predicted molar refractivity (Wildman–Crippen MR) is 119 cm³/mol. The van der Waals surface area contributed by atoms with E-state index >= 15 is 0 Å². The number of para-hydroxylation sites is 2. The van der Waals surface area contributed by atoms with E-state index in [1.54, 1.807) is 62.4 Å². The van der Waals surface area contributed by atoms with Crippen LogP contribution in [0.25, 0.3) is 0 Å². The van der Waals surface area contributed by atoms with E-state index in [-0.39, 0.29) is 11.4 Å². The van der Waals surface area contributed by atoms with Gasteiger partial charge in [-0.2, -0.15) is 0 Å². The van der Waals surface area contributed by atoms with Gasteiger partial charge in [0, 0.05) is 0 Å². The number of anilines is 2. The van der Waals surface area contributed by atoms with Crippen LogP contribution in [0.5, 0.6) is 0 Å². The summed E-state index contributed by atoms with van der Waals surface area (Å²) in [5.41, 5.74) is 1.58. The zero-order chi connectivity index (χ0) is 25.1. The minimum atomic E-state index is -2.68. The number of urea groups is 1. The molecule has 0 unspecified atom stereocenters. The third kappa shape index (κ3) is 3.39. The van der Waals surface area contributed by atoms with E-state index in [9.17, 15) is 29.7 Å². The third-order valence-electron chi connectivity index (χ3n) is 6.47. The number of rotatable bonds is 3. The Morgan fingerprint density at radius 2 is 1.34 bits per heavy atom. The molecule has 3 heterocycles. The number of barbiturate groups is 1. The van der Waals surface area contributed by atoms with Crippen molar-refractivity contribution in [1.29, 1.82) is 0 Å². The Morgan fingerprint density at radius 3 is 1.83 bits per heavy atom. The summed E-state index contributed by atoms with van der Waals surface area (Å²) in [5, 5.41) is 30.3. The van der Waals surface area contributed by atoms with E-state index in [0.29, 0.717) is 11.1 Å². The maximum absolute atomic E-state index is 13.8. The van der Waals surface area contributed by atoms with E-state index in [1.165, 1.54) is 0 Å². The molecular weight excluding hydrogens is 460 g/mol. The summed E-state index contributed by atoms with van der Waals surface area (Å²) in [4.78, 5) is 42.9. The Labute approximate surface area is 200 Å². The molecule has 0 saturated carbocycles. The molecule has 0 aliphatic carbocycles. The van der Waals surface area contributed by atoms with Gasteiger partial charge in [0.2, 0.25) is 0 Å². The lowest BCUT2D eigenvalue weighted by atomic mass is 9.99. The number of benzene rings is 2. The molecule has 3 aliphatic rings. The van der Waals surface area contributed by atoms with E-state index in [4.69, 9.17) is 14.2 Å². The summed E-state index contributed by atoms with van der Waals surface area (Å²) < 4.78 is 17.0. The summed E-state index contributed by atoms with van der Waals surface area (Å²) in [6, 6.07) is 12.3. The minimum absolute atomic E-state index is 0.213. The fraction of sp³-hybridized carbons (Fsp3) is 0.375. The fourth-order valence-corrected chi connectivity index (χ4v) is 4.57. The van der Waals surface area contributed by atoms with E-state index < -0.39 is 60.9 Å². The molecular formula is C24H24N2O9. The second kappa shape index (κ2) is 8.48. The molecule has 5 atom stereocenters. The van der Waals surface area contributed by atoms with Gasteiger partial charge < -0.3 is 29.5 Å². The van der Waals surface area contributed by atoms with E-state index in [2.05, 4.69) is 0 Å².